The minimum atomic E-state index is 1.14. The van der Waals surface area contributed by atoms with Gasteiger partial charge in [0.1, 0.15) is 0 Å². The average Bonchev–Trinajstić information content (AvgIpc) is 3.37. The second-order valence-corrected chi connectivity index (χ2v) is 9.31. The molecule has 2 aromatic heterocycles. The van der Waals surface area contributed by atoms with Crippen LogP contribution in [-0.2, 0) is 6.54 Å². The highest BCUT2D eigenvalue weighted by atomic mass is 32.1. The van der Waals surface area contributed by atoms with E-state index in [0.29, 0.717) is 0 Å². The number of unbranched alkanes of at least 4 members (excludes halogenated alkanes) is 9. The van der Waals surface area contributed by atoms with Gasteiger partial charge in [0, 0.05) is 17.1 Å². The molecule has 0 aliphatic carbocycles. The van der Waals surface area contributed by atoms with Crippen molar-refractivity contribution >= 4 is 11.3 Å². The van der Waals surface area contributed by atoms with Crippen molar-refractivity contribution in [3.05, 3.63) is 60.3 Å². The third kappa shape index (κ3) is 6.60. The fourth-order valence-electron chi connectivity index (χ4n) is 4.07. The summed E-state index contributed by atoms with van der Waals surface area (Å²) in [6, 6.07) is 19.8. The van der Waals surface area contributed by atoms with Gasteiger partial charge in [0.2, 0.25) is 0 Å². The minimum Gasteiger partial charge on any atom is -0.344 e. The van der Waals surface area contributed by atoms with E-state index >= 15 is 0 Å². The van der Waals surface area contributed by atoms with Crippen molar-refractivity contribution in [2.75, 3.05) is 0 Å². The molecule has 0 saturated heterocycles. The lowest BCUT2D eigenvalue weighted by Crippen LogP contribution is -2.01. The molecule has 0 N–H and O–H groups in total. The van der Waals surface area contributed by atoms with Gasteiger partial charge in [-0.15, -0.1) is 11.3 Å². The lowest BCUT2D eigenvalue weighted by Gasteiger charge is -2.11. The van der Waals surface area contributed by atoms with Gasteiger partial charge in [-0.05, 0) is 43.2 Å². The maximum absolute atomic E-state index is 2.52. The summed E-state index contributed by atoms with van der Waals surface area (Å²) in [5, 5.41) is 0. The molecule has 0 spiro atoms. The Morgan fingerprint density at radius 3 is 1.97 bits per heavy atom. The first-order chi connectivity index (χ1) is 14.3. The van der Waals surface area contributed by atoms with E-state index in [4.69, 9.17) is 0 Å². The molecule has 0 saturated carbocycles. The van der Waals surface area contributed by atoms with Gasteiger partial charge in [0.15, 0.2) is 0 Å². The van der Waals surface area contributed by atoms with Crippen LogP contribution in [0.25, 0.3) is 21.0 Å². The molecule has 0 atom stereocenters. The van der Waals surface area contributed by atoms with Crippen LogP contribution in [0.2, 0.25) is 0 Å². The van der Waals surface area contributed by atoms with E-state index < -0.39 is 0 Å². The van der Waals surface area contributed by atoms with E-state index in [0.717, 1.165) is 6.54 Å². The number of nitrogens with zero attached hydrogens (tertiary/aromatic N) is 1. The summed E-state index contributed by atoms with van der Waals surface area (Å²) >= 11 is 1.90. The highest BCUT2D eigenvalue weighted by molar-refractivity contribution is 7.18. The number of benzene rings is 1. The summed E-state index contributed by atoms with van der Waals surface area (Å²) in [5.74, 6) is 0. The summed E-state index contributed by atoms with van der Waals surface area (Å²) in [4.78, 5) is 2.73. The normalized spacial score (nSPS) is 11.2. The Hall–Kier alpha value is -1.80. The Morgan fingerprint density at radius 1 is 0.655 bits per heavy atom. The molecular formula is C27H37NS. The maximum atomic E-state index is 2.52. The summed E-state index contributed by atoms with van der Waals surface area (Å²) in [6.07, 6.45) is 13.9. The van der Waals surface area contributed by atoms with Crippen molar-refractivity contribution in [1.82, 2.24) is 4.57 Å². The van der Waals surface area contributed by atoms with Crippen LogP contribution in [0, 0.1) is 6.92 Å². The molecule has 0 amide bonds. The van der Waals surface area contributed by atoms with Gasteiger partial charge in [-0.1, -0.05) is 95.0 Å². The van der Waals surface area contributed by atoms with Gasteiger partial charge in [-0.25, -0.2) is 0 Å². The second-order valence-electron chi connectivity index (χ2n) is 8.22. The molecule has 0 radical (unpaired) electrons. The molecule has 0 bridgehead atoms. The zero-order valence-corrected chi connectivity index (χ0v) is 19.1. The van der Waals surface area contributed by atoms with Crippen molar-refractivity contribution in [2.24, 2.45) is 0 Å². The Morgan fingerprint density at radius 2 is 1.28 bits per heavy atom. The predicted molar refractivity (Wildman–Crippen MR) is 130 cm³/mol. The molecule has 2 heterocycles. The third-order valence-electron chi connectivity index (χ3n) is 5.85. The van der Waals surface area contributed by atoms with E-state index in [1.807, 2.05) is 11.3 Å². The average molecular weight is 408 g/mol. The van der Waals surface area contributed by atoms with E-state index in [-0.39, 0.29) is 0 Å². The van der Waals surface area contributed by atoms with Gasteiger partial charge >= 0.3 is 0 Å². The van der Waals surface area contributed by atoms with Crippen LogP contribution >= 0.6 is 11.3 Å². The fraction of sp³-hybridized carbons (Fsp3) is 0.481. The standard InChI is InChI=1S/C27H37NS/c1-3-4-5-6-7-8-9-10-11-15-22-28-23(2)18-19-25(28)27-21-20-26(29-27)24-16-13-12-14-17-24/h12-14,16-21H,3-11,15,22H2,1-2H3. The number of thiophene rings is 1. The van der Waals surface area contributed by atoms with E-state index in [2.05, 4.69) is 73.0 Å². The predicted octanol–water partition coefficient (Wildman–Crippen LogP) is 9.11. The number of hydrogen-bond acceptors (Lipinski definition) is 1. The first kappa shape index (κ1) is 21.9. The van der Waals surface area contributed by atoms with Crippen LogP contribution in [0.3, 0.4) is 0 Å². The first-order valence-electron chi connectivity index (χ1n) is 11.6. The number of hydrogen-bond donors (Lipinski definition) is 0. The number of rotatable bonds is 13. The van der Waals surface area contributed by atoms with Gasteiger partial charge < -0.3 is 4.57 Å². The highest BCUT2D eigenvalue weighted by Crippen LogP contribution is 2.35. The highest BCUT2D eigenvalue weighted by Gasteiger charge is 2.10. The summed E-state index contributed by atoms with van der Waals surface area (Å²) < 4.78 is 2.52. The molecule has 0 aliphatic rings. The number of aryl methyl sites for hydroxylation is 1. The molecule has 2 heteroatoms. The molecule has 1 aromatic carbocycles. The zero-order chi connectivity index (χ0) is 20.3. The van der Waals surface area contributed by atoms with Crippen LogP contribution in [0.4, 0.5) is 0 Å². The Labute approximate surface area is 181 Å². The molecule has 29 heavy (non-hydrogen) atoms. The van der Waals surface area contributed by atoms with Crippen molar-refractivity contribution in [3.8, 4) is 21.0 Å². The smallest absolute Gasteiger partial charge is 0.0584 e. The van der Waals surface area contributed by atoms with Crippen molar-refractivity contribution in [3.63, 3.8) is 0 Å². The monoisotopic (exact) mass is 407 g/mol. The van der Waals surface area contributed by atoms with E-state index in [1.54, 1.807) is 0 Å². The minimum absolute atomic E-state index is 1.14. The van der Waals surface area contributed by atoms with Gasteiger partial charge in [-0.2, -0.15) is 0 Å². The van der Waals surface area contributed by atoms with Crippen molar-refractivity contribution in [1.29, 1.82) is 0 Å². The summed E-state index contributed by atoms with van der Waals surface area (Å²) in [6.45, 7) is 5.67. The lowest BCUT2D eigenvalue weighted by molar-refractivity contribution is 0.534. The zero-order valence-electron chi connectivity index (χ0n) is 18.3. The molecule has 0 unspecified atom stereocenters. The topological polar surface area (TPSA) is 4.93 Å². The van der Waals surface area contributed by atoms with Crippen molar-refractivity contribution in [2.45, 2.75) is 84.6 Å². The van der Waals surface area contributed by atoms with Crippen LogP contribution in [0.1, 0.15) is 76.8 Å². The van der Waals surface area contributed by atoms with Gasteiger partial charge in [0.05, 0.1) is 10.6 Å². The Kier molecular flexibility index (Phi) is 9.08. The van der Waals surface area contributed by atoms with Crippen LogP contribution in [-0.4, -0.2) is 4.57 Å². The van der Waals surface area contributed by atoms with E-state index in [1.165, 1.54) is 90.9 Å². The number of aromatic nitrogens is 1. The maximum Gasteiger partial charge on any atom is 0.0584 e. The van der Waals surface area contributed by atoms with Crippen LogP contribution in [0.5, 0.6) is 0 Å². The SMILES string of the molecule is CCCCCCCCCCCCn1c(C)ccc1-c1ccc(-c2ccccc2)s1. The largest absolute Gasteiger partial charge is 0.344 e. The summed E-state index contributed by atoms with van der Waals surface area (Å²) in [7, 11) is 0. The molecular weight excluding hydrogens is 370 g/mol. The lowest BCUT2D eigenvalue weighted by atomic mass is 10.1. The van der Waals surface area contributed by atoms with Crippen LogP contribution < -0.4 is 0 Å². The Bertz CT molecular complexity index is 827. The molecule has 3 aromatic rings. The molecule has 156 valence electrons. The Balaban J connectivity index is 1.46. The molecule has 1 nitrogen and oxygen atoms in total. The molecule has 0 aliphatic heterocycles. The van der Waals surface area contributed by atoms with E-state index in [9.17, 15) is 0 Å². The van der Waals surface area contributed by atoms with Crippen molar-refractivity contribution < 1.29 is 0 Å². The van der Waals surface area contributed by atoms with Gasteiger partial charge in [0.25, 0.3) is 0 Å². The first-order valence-corrected chi connectivity index (χ1v) is 12.4. The summed E-state index contributed by atoms with van der Waals surface area (Å²) in [5.41, 5.74) is 4.07. The quantitative estimate of drug-likeness (QED) is 0.249. The fourth-order valence-corrected chi connectivity index (χ4v) is 5.12. The second kappa shape index (κ2) is 12.0. The van der Waals surface area contributed by atoms with Crippen LogP contribution in [0.15, 0.2) is 54.6 Å². The molecule has 3 rings (SSSR count). The molecule has 0 fully saturated rings. The third-order valence-corrected chi connectivity index (χ3v) is 7.01. The van der Waals surface area contributed by atoms with Gasteiger partial charge in [-0.3, -0.25) is 0 Å².